The van der Waals surface area contributed by atoms with Crippen LogP contribution in [0.4, 0.5) is 0 Å². The number of ether oxygens (including phenoxy) is 3. The highest BCUT2D eigenvalue weighted by molar-refractivity contribution is 6.21. The first-order valence-corrected chi connectivity index (χ1v) is 13.6. The Hall–Kier alpha value is -2.12. The second kappa shape index (κ2) is 14.0. The van der Waals surface area contributed by atoms with Gasteiger partial charge in [0.05, 0.1) is 25.9 Å². The molecular formula is C29H38ClNO5. The van der Waals surface area contributed by atoms with E-state index in [-0.39, 0.29) is 23.2 Å². The van der Waals surface area contributed by atoms with E-state index in [1.165, 1.54) is 5.39 Å². The van der Waals surface area contributed by atoms with Gasteiger partial charge in [0.1, 0.15) is 12.4 Å². The summed E-state index contributed by atoms with van der Waals surface area (Å²) in [6.45, 7) is 4.97. The van der Waals surface area contributed by atoms with E-state index in [0.29, 0.717) is 26.1 Å². The van der Waals surface area contributed by atoms with E-state index in [1.807, 2.05) is 24.3 Å². The summed E-state index contributed by atoms with van der Waals surface area (Å²) in [5.74, 6) is 0.820. The molecular weight excluding hydrogens is 478 g/mol. The second-order valence-electron chi connectivity index (χ2n) is 9.74. The molecule has 0 aromatic heterocycles. The maximum absolute atomic E-state index is 12.0. The minimum Gasteiger partial charge on any atom is -0.493 e. The zero-order valence-corrected chi connectivity index (χ0v) is 21.7. The SMILES string of the molecule is O=C(CCC/C=C\C[C@@H]1[C@@H](COc2ccc3ccccc3c2)[C@H](O)C[C@H]1Cl)OCCN1CCOCC1. The van der Waals surface area contributed by atoms with Crippen molar-refractivity contribution in [2.75, 3.05) is 46.1 Å². The Morgan fingerprint density at radius 2 is 1.92 bits per heavy atom. The van der Waals surface area contributed by atoms with E-state index in [0.717, 1.165) is 63.2 Å². The molecule has 2 fully saturated rings. The zero-order valence-electron chi connectivity index (χ0n) is 20.9. The number of fused-ring (bicyclic) bond motifs is 1. The third-order valence-electron chi connectivity index (χ3n) is 7.24. The first kappa shape index (κ1) is 26.9. The van der Waals surface area contributed by atoms with Crippen molar-refractivity contribution in [2.45, 2.75) is 43.6 Å². The normalized spacial score (nSPS) is 24.9. The molecule has 1 aliphatic carbocycles. The number of hydrogen-bond donors (Lipinski definition) is 1. The first-order valence-electron chi connectivity index (χ1n) is 13.1. The molecule has 2 aromatic rings. The number of halogens is 1. The molecule has 4 atom stereocenters. The second-order valence-corrected chi connectivity index (χ2v) is 10.3. The van der Waals surface area contributed by atoms with Crippen LogP contribution >= 0.6 is 11.6 Å². The van der Waals surface area contributed by atoms with Crippen LogP contribution in [0.25, 0.3) is 10.8 Å². The number of aliphatic hydroxyl groups excluding tert-OH is 1. The van der Waals surface area contributed by atoms with Crippen LogP contribution in [0.15, 0.2) is 54.6 Å². The third-order valence-corrected chi connectivity index (χ3v) is 7.74. The monoisotopic (exact) mass is 515 g/mol. The summed E-state index contributed by atoms with van der Waals surface area (Å²) in [5.41, 5.74) is 0. The molecule has 1 saturated heterocycles. The Bertz CT molecular complexity index is 993. The van der Waals surface area contributed by atoms with Crippen LogP contribution in [0.5, 0.6) is 5.75 Å². The lowest BCUT2D eigenvalue weighted by Gasteiger charge is -2.26. The Labute approximate surface area is 219 Å². The predicted molar refractivity (Wildman–Crippen MR) is 143 cm³/mol. The summed E-state index contributed by atoms with van der Waals surface area (Å²) >= 11 is 6.59. The highest BCUT2D eigenvalue weighted by atomic mass is 35.5. The van der Waals surface area contributed by atoms with Gasteiger partial charge in [-0.25, -0.2) is 0 Å². The summed E-state index contributed by atoms with van der Waals surface area (Å²) in [7, 11) is 0. The van der Waals surface area contributed by atoms with Crippen LogP contribution in [0.3, 0.4) is 0 Å². The van der Waals surface area contributed by atoms with Crippen molar-refractivity contribution >= 4 is 28.3 Å². The quantitative estimate of drug-likeness (QED) is 0.189. The standard InChI is InChI=1S/C29H38ClNO5/c30-27-20-28(32)26(21-36-24-12-11-22-7-5-6-8-23(22)19-24)25(27)9-3-1-2-4-10-29(33)35-18-15-31-13-16-34-17-14-31/h1,3,5-8,11-12,19,25-28,32H,2,4,9-10,13-18,20-21H2/b3-1-/t25-,26-,27-,28-/m1/s1. The van der Waals surface area contributed by atoms with Gasteiger partial charge in [-0.05, 0) is 54.5 Å². The van der Waals surface area contributed by atoms with Gasteiger partial charge in [-0.15, -0.1) is 11.6 Å². The van der Waals surface area contributed by atoms with E-state index >= 15 is 0 Å². The zero-order chi connectivity index (χ0) is 25.2. The number of allylic oxidation sites excluding steroid dienone is 2. The van der Waals surface area contributed by atoms with Crippen molar-refractivity contribution in [1.29, 1.82) is 0 Å². The van der Waals surface area contributed by atoms with E-state index in [9.17, 15) is 9.90 Å². The Morgan fingerprint density at radius 3 is 2.75 bits per heavy atom. The van der Waals surface area contributed by atoms with Gasteiger partial charge >= 0.3 is 5.97 Å². The van der Waals surface area contributed by atoms with Gasteiger partial charge < -0.3 is 19.3 Å². The first-order chi connectivity index (χ1) is 17.6. The van der Waals surface area contributed by atoms with Gasteiger partial charge in [0, 0.05) is 37.4 Å². The summed E-state index contributed by atoms with van der Waals surface area (Å²) < 4.78 is 16.8. The fraction of sp³-hybridized carbons (Fsp3) is 0.552. The summed E-state index contributed by atoms with van der Waals surface area (Å²) in [4.78, 5) is 14.2. The molecule has 1 N–H and O–H groups in total. The molecule has 0 bridgehead atoms. The van der Waals surface area contributed by atoms with Crippen LogP contribution < -0.4 is 4.74 Å². The van der Waals surface area contributed by atoms with Crippen LogP contribution in [0.2, 0.25) is 0 Å². The Balaban J connectivity index is 1.14. The number of hydrogen-bond acceptors (Lipinski definition) is 6. The summed E-state index contributed by atoms with van der Waals surface area (Å²) in [6.07, 6.45) is 7.16. The van der Waals surface area contributed by atoms with E-state index in [1.54, 1.807) is 0 Å². The number of rotatable bonds is 12. The van der Waals surface area contributed by atoms with Gasteiger partial charge in [-0.3, -0.25) is 9.69 Å². The molecule has 196 valence electrons. The van der Waals surface area contributed by atoms with Gasteiger partial charge in [0.2, 0.25) is 0 Å². The Kier molecular flexibility index (Phi) is 10.5. The average Bonchev–Trinajstić information content (AvgIpc) is 3.17. The fourth-order valence-corrected chi connectivity index (χ4v) is 5.53. The fourth-order valence-electron chi connectivity index (χ4n) is 5.06. The lowest BCUT2D eigenvalue weighted by atomic mass is 9.92. The van der Waals surface area contributed by atoms with Gasteiger partial charge in [0.15, 0.2) is 0 Å². The number of benzene rings is 2. The van der Waals surface area contributed by atoms with Gasteiger partial charge in [-0.2, -0.15) is 0 Å². The topological polar surface area (TPSA) is 68.2 Å². The van der Waals surface area contributed by atoms with Crippen molar-refractivity contribution in [2.24, 2.45) is 11.8 Å². The number of nitrogens with zero attached hydrogens (tertiary/aromatic N) is 1. The summed E-state index contributed by atoms with van der Waals surface area (Å²) in [6, 6.07) is 14.3. The lowest BCUT2D eigenvalue weighted by molar-refractivity contribution is -0.144. The minimum absolute atomic E-state index is 0.00920. The number of morpholine rings is 1. The van der Waals surface area contributed by atoms with Crippen LogP contribution in [-0.4, -0.2) is 73.5 Å². The number of carbonyl (C=O) groups is 1. The lowest BCUT2D eigenvalue weighted by Crippen LogP contribution is -2.38. The maximum atomic E-state index is 12.0. The number of unbranched alkanes of at least 4 members (excludes halogenated alkanes) is 1. The molecule has 0 spiro atoms. The molecule has 0 radical (unpaired) electrons. The molecule has 4 rings (SSSR count). The molecule has 36 heavy (non-hydrogen) atoms. The largest absolute Gasteiger partial charge is 0.493 e. The summed E-state index contributed by atoms with van der Waals surface area (Å²) in [5, 5.41) is 12.8. The van der Waals surface area contributed by atoms with Crippen molar-refractivity contribution < 1.29 is 24.1 Å². The van der Waals surface area contributed by atoms with E-state index in [2.05, 4.69) is 35.3 Å². The van der Waals surface area contributed by atoms with Crippen molar-refractivity contribution in [1.82, 2.24) is 4.90 Å². The highest BCUT2D eigenvalue weighted by Crippen LogP contribution is 2.39. The molecule has 0 amide bonds. The van der Waals surface area contributed by atoms with Crippen molar-refractivity contribution in [3.05, 3.63) is 54.6 Å². The molecule has 6 nitrogen and oxygen atoms in total. The molecule has 1 saturated carbocycles. The van der Waals surface area contributed by atoms with Crippen molar-refractivity contribution in [3.63, 3.8) is 0 Å². The molecule has 7 heteroatoms. The Morgan fingerprint density at radius 1 is 1.11 bits per heavy atom. The highest BCUT2D eigenvalue weighted by Gasteiger charge is 2.41. The molecule has 0 unspecified atom stereocenters. The molecule has 2 aliphatic rings. The molecule has 1 aliphatic heterocycles. The van der Waals surface area contributed by atoms with E-state index in [4.69, 9.17) is 25.8 Å². The number of carbonyl (C=O) groups excluding carboxylic acids is 1. The van der Waals surface area contributed by atoms with Gasteiger partial charge in [0.25, 0.3) is 0 Å². The van der Waals surface area contributed by atoms with Crippen LogP contribution in [-0.2, 0) is 14.3 Å². The molecule has 1 heterocycles. The van der Waals surface area contributed by atoms with E-state index < -0.39 is 6.10 Å². The number of aliphatic hydroxyl groups is 1. The number of alkyl halides is 1. The maximum Gasteiger partial charge on any atom is 0.305 e. The number of esters is 1. The smallest absolute Gasteiger partial charge is 0.305 e. The van der Waals surface area contributed by atoms with Crippen LogP contribution in [0.1, 0.15) is 32.1 Å². The van der Waals surface area contributed by atoms with Crippen molar-refractivity contribution in [3.8, 4) is 5.75 Å². The predicted octanol–water partition coefficient (Wildman–Crippen LogP) is 4.82. The molecule has 2 aromatic carbocycles. The average molecular weight is 516 g/mol. The van der Waals surface area contributed by atoms with Crippen LogP contribution in [0, 0.1) is 11.8 Å². The minimum atomic E-state index is -0.460. The third kappa shape index (κ3) is 7.94. The van der Waals surface area contributed by atoms with Gasteiger partial charge in [-0.1, -0.05) is 42.5 Å².